The number of carbonyl (C=O) groups is 1. The molecule has 0 radical (unpaired) electrons. The lowest BCUT2D eigenvalue weighted by molar-refractivity contribution is -0.120. The molecule has 0 heterocycles. The van der Waals surface area contributed by atoms with Gasteiger partial charge in [-0.05, 0) is 35.9 Å². The minimum atomic E-state index is -0.248. The highest BCUT2D eigenvalue weighted by Crippen LogP contribution is 2.27. The van der Waals surface area contributed by atoms with E-state index in [9.17, 15) is 4.79 Å². The summed E-state index contributed by atoms with van der Waals surface area (Å²) in [6, 6.07) is 10.9. The van der Waals surface area contributed by atoms with Crippen molar-refractivity contribution in [1.29, 1.82) is 0 Å². The molecule has 142 valence electrons. The molecule has 1 N–H and O–H groups in total. The zero-order valence-electron chi connectivity index (χ0n) is 15.2. The van der Waals surface area contributed by atoms with Gasteiger partial charge in [-0.25, -0.2) is 5.43 Å². The van der Waals surface area contributed by atoms with Crippen LogP contribution in [0.15, 0.2) is 58.6 Å². The van der Waals surface area contributed by atoms with E-state index in [2.05, 4.69) is 33.0 Å². The minimum absolute atomic E-state index is 0.163. The Morgan fingerprint density at radius 1 is 1.15 bits per heavy atom. The van der Waals surface area contributed by atoms with Gasteiger partial charge in [0.15, 0.2) is 11.5 Å². The first-order valence-corrected chi connectivity index (χ1v) is 8.92. The van der Waals surface area contributed by atoms with Gasteiger partial charge >= 0.3 is 0 Å². The first-order valence-electron chi connectivity index (χ1n) is 8.13. The van der Waals surface area contributed by atoms with E-state index in [0.29, 0.717) is 23.9 Å². The van der Waals surface area contributed by atoms with Crippen LogP contribution in [0.5, 0.6) is 17.2 Å². The largest absolute Gasteiger partial charge is 0.493 e. The number of nitrogens with one attached hydrogen (secondary N) is 1. The van der Waals surface area contributed by atoms with E-state index >= 15 is 0 Å². The first kappa shape index (κ1) is 20.5. The molecule has 2 aromatic carbocycles. The average Bonchev–Trinajstić information content (AvgIpc) is 2.67. The Morgan fingerprint density at radius 2 is 1.89 bits per heavy atom. The molecule has 2 rings (SSSR count). The second kappa shape index (κ2) is 10.4. The molecule has 7 heteroatoms. The van der Waals surface area contributed by atoms with E-state index in [-0.39, 0.29) is 12.3 Å². The number of carbonyl (C=O) groups excluding carboxylic acids is 1. The molecule has 0 saturated carbocycles. The van der Waals surface area contributed by atoms with E-state index < -0.39 is 0 Å². The minimum Gasteiger partial charge on any atom is -0.493 e. The molecule has 0 fully saturated rings. The van der Waals surface area contributed by atoms with E-state index in [4.69, 9.17) is 14.2 Å². The second-order valence-corrected chi connectivity index (χ2v) is 6.36. The summed E-state index contributed by atoms with van der Waals surface area (Å²) >= 11 is 3.41. The van der Waals surface area contributed by atoms with Gasteiger partial charge in [-0.2, -0.15) is 5.10 Å². The van der Waals surface area contributed by atoms with E-state index in [0.717, 1.165) is 15.6 Å². The summed E-state index contributed by atoms with van der Waals surface area (Å²) in [5.74, 6) is 1.59. The highest BCUT2D eigenvalue weighted by molar-refractivity contribution is 9.10. The van der Waals surface area contributed by atoms with Gasteiger partial charge < -0.3 is 14.2 Å². The Labute approximate surface area is 167 Å². The maximum Gasteiger partial charge on any atom is 0.244 e. The molecule has 6 nitrogen and oxygen atoms in total. The van der Waals surface area contributed by atoms with Gasteiger partial charge in [0, 0.05) is 10.0 Å². The Hall–Kier alpha value is -2.80. The van der Waals surface area contributed by atoms with Crippen LogP contribution in [-0.2, 0) is 11.2 Å². The number of nitrogens with zero attached hydrogens (tertiary/aromatic N) is 1. The lowest BCUT2D eigenvalue weighted by atomic mass is 10.1. The molecule has 0 atom stereocenters. The number of benzene rings is 2. The monoisotopic (exact) mass is 432 g/mol. The Bertz CT molecular complexity index is 837. The third kappa shape index (κ3) is 6.14. The van der Waals surface area contributed by atoms with Gasteiger partial charge in [0.2, 0.25) is 5.91 Å². The van der Waals surface area contributed by atoms with E-state index in [1.807, 2.05) is 18.2 Å². The van der Waals surface area contributed by atoms with Gasteiger partial charge in [-0.1, -0.05) is 34.7 Å². The van der Waals surface area contributed by atoms with Gasteiger partial charge in [-0.15, -0.1) is 0 Å². The summed E-state index contributed by atoms with van der Waals surface area (Å²) < 4.78 is 16.9. The summed E-state index contributed by atoms with van der Waals surface area (Å²) in [7, 11) is 3.12. The molecule has 0 unspecified atom stereocenters. The number of halogens is 1. The summed E-state index contributed by atoms with van der Waals surface area (Å²) in [6.07, 6.45) is 3.36. The van der Waals surface area contributed by atoms with Gasteiger partial charge in [0.1, 0.15) is 12.4 Å². The Kier molecular flexibility index (Phi) is 7.88. The lowest BCUT2D eigenvalue weighted by Crippen LogP contribution is -2.19. The van der Waals surface area contributed by atoms with Gasteiger partial charge in [-0.3, -0.25) is 4.79 Å². The van der Waals surface area contributed by atoms with Crippen molar-refractivity contribution >= 4 is 28.1 Å². The molecular formula is C20H21BrN2O4. The fraction of sp³-hybridized carbons (Fsp3) is 0.200. The zero-order valence-corrected chi connectivity index (χ0v) is 16.8. The van der Waals surface area contributed by atoms with Crippen LogP contribution in [-0.4, -0.2) is 32.9 Å². The van der Waals surface area contributed by atoms with Crippen molar-refractivity contribution in [2.24, 2.45) is 5.10 Å². The second-order valence-electron chi connectivity index (χ2n) is 5.44. The SMILES string of the molecule is C=CCOc1ccc(Br)cc1/C=N/NC(=O)Cc1ccc(OC)c(OC)c1. The maximum atomic E-state index is 12.1. The molecular weight excluding hydrogens is 412 g/mol. The fourth-order valence-electron chi connectivity index (χ4n) is 2.29. The van der Waals surface area contributed by atoms with Gasteiger partial charge in [0.25, 0.3) is 0 Å². The van der Waals surface area contributed by atoms with E-state index in [1.54, 1.807) is 38.5 Å². The molecule has 1 amide bonds. The number of hydrazone groups is 1. The Balaban J connectivity index is 2.01. The molecule has 0 aliphatic rings. The van der Waals surface area contributed by atoms with Crippen molar-refractivity contribution in [2.45, 2.75) is 6.42 Å². The molecule has 0 aliphatic carbocycles. The maximum absolute atomic E-state index is 12.1. The third-order valence-electron chi connectivity index (χ3n) is 3.53. The quantitative estimate of drug-likeness (QED) is 0.372. The number of methoxy groups -OCH3 is 2. The third-order valence-corrected chi connectivity index (χ3v) is 4.03. The van der Waals surface area contributed by atoms with E-state index in [1.165, 1.54) is 6.21 Å². The summed E-state index contributed by atoms with van der Waals surface area (Å²) in [5.41, 5.74) is 4.04. The van der Waals surface area contributed by atoms with Crippen LogP contribution in [0.2, 0.25) is 0 Å². The Morgan fingerprint density at radius 3 is 2.59 bits per heavy atom. The van der Waals surface area contributed by atoms with Crippen molar-refractivity contribution in [2.75, 3.05) is 20.8 Å². The molecule has 0 spiro atoms. The molecule has 0 aliphatic heterocycles. The van der Waals surface area contributed by atoms with Crippen molar-refractivity contribution < 1.29 is 19.0 Å². The molecule has 0 saturated heterocycles. The number of amides is 1. The van der Waals surface area contributed by atoms with Crippen LogP contribution in [0.3, 0.4) is 0 Å². The predicted molar refractivity (Wildman–Crippen MR) is 109 cm³/mol. The normalized spacial score (nSPS) is 10.5. The highest BCUT2D eigenvalue weighted by Gasteiger charge is 2.08. The van der Waals surface area contributed by atoms with Crippen LogP contribution in [0, 0.1) is 0 Å². The fourth-order valence-corrected chi connectivity index (χ4v) is 2.67. The smallest absolute Gasteiger partial charge is 0.244 e. The summed E-state index contributed by atoms with van der Waals surface area (Å²) in [6.45, 7) is 4.01. The van der Waals surface area contributed by atoms with Crippen molar-refractivity contribution in [3.8, 4) is 17.2 Å². The zero-order chi connectivity index (χ0) is 19.6. The predicted octanol–water partition coefficient (Wildman–Crippen LogP) is 3.72. The number of ether oxygens (including phenoxy) is 3. The topological polar surface area (TPSA) is 69.2 Å². The summed E-state index contributed by atoms with van der Waals surface area (Å²) in [5, 5.41) is 4.02. The molecule has 0 aromatic heterocycles. The van der Waals surface area contributed by atoms with Crippen LogP contribution in [0.25, 0.3) is 0 Å². The first-order chi connectivity index (χ1) is 13.1. The number of hydrogen-bond donors (Lipinski definition) is 1. The highest BCUT2D eigenvalue weighted by atomic mass is 79.9. The van der Waals surface area contributed by atoms with Crippen LogP contribution >= 0.6 is 15.9 Å². The van der Waals surface area contributed by atoms with Crippen molar-refractivity contribution in [1.82, 2.24) is 5.43 Å². The van der Waals surface area contributed by atoms with Crippen LogP contribution in [0.4, 0.5) is 0 Å². The number of rotatable bonds is 9. The average molecular weight is 433 g/mol. The molecule has 27 heavy (non-hydrogen) atoms. The van der Waals surface area contributed by atoms with Crippen molar-refractivity contribution in [3.05, 3.63) is 64.7 Å². The number of hydrogen-bond acceptors (Lipinski definition) is 5. The molecule has 0 bridgehead atoms. The standard InChI is InChI=1S/C20H21BrN2O4/c1-4-9-27-17-8-6-16(21)12-15(17)13-22-23-20(24)11-14-5-7-18(25-2)19(10-14)26-3/h4-8,10,12-13H,1,9,11H2,2-3H3,(H,23,24)/b22-13+. The van der Waals surface area contributed by atoms with Crippen LogP contribution < -0.4 is 19.6 Å². The van der Waals surface area contributed by atoms with Gasteiger partial charge in [0.05, 0.1) is 26.9 Å². The van der Waals surface area contributed by atoms with Crippen LogP contribution in [0.1, 0.15) is 11.1 Å². The van der Waals surface area contributed by atoms with Crippen molar-refractivity contribution in [3.63, 3.8) is 0 Å². The summed E-state index contributed by atoms with van der Waals surface area (Å²) in [4.78, 5) is 12.1. The lowest BCUT2D eigenvalue weighted by Gasteiger charge is -2.09. The molecule has 2 aromatic rings.